The highest BCUT2D eigenvalue weighted by Gasteiger charge is 2.26. The number of rotatable bonds is 7. The third kappa shape index (κ3) is 4.60. The van der Waals surface area contributed by atoms with E-state index >= 15 is 0 Å². The molecule has 4 aromatic rings. The fraction of sp³-hybridized carbons (Fsp3) is 0.286. The molecular formula is C28H31FN4OSi. The fourth-order valence-corrected chi connectivity index (χ4v) is 6.53. The van der Waals surface area contributed by atoms with Gasteiger partial charge in [-0.2, -0.15) is 0 Å². The Morgan fingerprint density at radius 2 is 1.91 bits per heavy atom. The molecule has 35 heavy (non-hydrogen) atoms. The number of amides is 1. The van der Waals surface area contributed by atoms with Crippen molar-refractivity contribution >= 4 is 42.3 Å². The summed E-state index contributed by atoms with van der Waals surface area (Å²) >= 11 is 0. The highest BCUT2D eigenvalue weighted by atomic mass is 28.3. The van der Waals surface area contributed by atoms with Gasteiger partial charge in [0.2, 0.25) is 0 Å². The van der Waals surface area contributed by atoms with E-state index in [0.717, 1.165) is 47.0 Å². The summed E-state index contributed by atoms with van der Waals surface area (Å²) < 4.78 is 16.0. The lowest BCUT2D eigenvalue weighted by Gasteiger charge is -2.31. The Hall–Kier alpha value is -3.45. The second kappa shape index (κ2) is 9.66. The van der Waals surface area contributed by atoms with Crippen molar-refractivity contribution < 1.29 is 9.18 Å². The van der Waals surface area contributed by atoms with Crippen LogP contribution >= 0.6 is 0 Å². The Morgan fingerprint density at radius 3 is 2.54 bits per heavy atom. The van der Waals surface area contributed by atoms with Crippen LogP contribution in [-0.2, 0) is 13.0 Å². The highest BCUT2D eigenvalue weighted by Crippen LogP contribution is 2.25. The lowest BCUT2D eigenvalue weighted by Crippen LogP contribution is -2.37. The van der Waals surface area contributed by atoms with Gasteiger partial charge >= 0.3 is 0 Å². The number of benzene rings is 2. The molecule has 0 saturated carbocycles. The van der Waals surface area contributed by atoms with Gasteiger partial charge in [-0.1, -0.05) is 38.2 Å². The Morgan fingerprint density at radius 1 is 1.09 bits per heavy atom. The van der Waals surface area contributed by atoms with Gasteiger partial charge in [0.1, 0.15) is 17.3 Å². The van der Waals surface area contributed by atoms with Gasteiger partial charge in [0.15, 0.2) is 0 Å². The molecule has 2 aromatic heterocycles. The van der Waals surface area contributed by atoms with Crippen LogP contribution in [-0.4, -0.2) is 37.3 Å². The zero-order valence-corrected chi connectivity index (χ0v) is 21.7. The Balaban J connectivity index is 1.58. The Labute approximate surface area is 207 Å². The van der Waals surface area contributed by atoms with E-state index in [0.29, 0.717) is 17.9 Å². The van der Waals surface area contributed by atoms with Crippen molar-refractivity contribution in [3.63, 3.8) is 0 Å². The van der Waals surface area contributed by atoms with Gasteiger partial charge in [-0.3, -0.25) is 4.79 Å². The SMILES string of the molecule is CCc1ccc2c(c1)c([SiH](C)C)c(C(=O)Nc1ccc(N3CCC3)nc1)n2Cc1cccc(F)c1. The molecule has 0 radical (unpaired) electrons. The summed E-state index contributed by atoms with van der Waals surface area (Å²) in [7, 11) is -1.41. The first-order valence-corrected chi connectivity index (χ1v) is 15.2. The largest absolute Gasteiger partial charge is 0.356 e. The van der Waals surface area contributed by atoms with Gasteiger partial charge in [-0.25, -0.2) is 9.37 Å². The van der Waals surface area contributed by atoms with Gasteiger partial charge < -0.3 is 14.8 Å². The molecule has 7 heteroatoms. The van der Waals surface area contributed by atoms with Crippen LogP contribution in [0.25, 0.3) is 10.9 Å². The average Bonchev–Trinajstić information content (AvgIpc) is 3.13. The van der Waals surface area contributed by atoms with Crippen molar-refractivity contribution in [1.82, 2.24) is 9.55 Å². The van der Waals surface area contributed by atoms with E-state index < -0.39 is 8.80 Å². The topological polar surface area (TPSA) is 50.2 Å². The number of aryl methyl sites for hydroxylation is 1. The van der Waals surface area contributed by atoms with E-state index in [2.05, 4.69) is 58.0 Å². The number of pyridine rings is 1. The molecule has 0 aliphatic carbocycles. The fourth-order valence-electron chi connectivity index (χ4n) is 4.84. The maximum atomic E-state index is 14.0. The quantitative estimate of drug-likeness (QED) is 0.377. The molecule has 1 fully saturated rings. The third-order valence-electron chi connectivity index (χ3n) is 6.78. The standard InChI is InChI=1S/C28H31FN4OSi/c1-4-19-9-11-24-23(16-19)27(35(2)3)26(33(24)18-20-7-5-8-21(29)15-20)28(34)31-22-10-12-25(30-17-22)32-13-6-14-32/h5,7-12,15-17,35H,4,6,13-14,18H2,1-3H3,(H,31,34). The molecule has 0 spiro atoms. The minimum Gasteiger partial charge on any atom is -0.356 e. The van der Waals surface area contributed by atoms with Gasteiger partial charge in [0, 0.05) is 25.2 Å². The maximum absolute atomic E-state index is 14.0. The zero-order valence-electron chi connectivity index (χ0n) is 20.5. The lowest BCUT2D eigenvalue weighted by atomic mass is 10.1. The molecule has 2 aromatic carbocycles. The molecule has 0 bridgehead atoms. The number of nitrogens with zero attached hydrogens (tertiary/aromatic N) is 3. The normalized spacial score (nSPS) is 13.3. The van der Waals surface area contributed by atoms with E-state index in [-0.39, 0.29) is 11.7 Å². The lowest BCUT2D eigenvalue weighted by molar-refractivity contribution is 0.102. The summed E-state index contributed by atoms with van der Waals surface area (Å²) in [5.74, 6) is 0.521. The van der Waals surface area contributed by atoms with Gasteiger partial charge in [-0.05, 0) is 70.9 Å². The minimum atomic E-state index is -1.41. The summed E-state index contributed by atoms with van der Waals surface area (Å²) in [4.78, 5) is 20.6. The average molecular weight is 487 g/mol. The molecule has 1 saturated heterocycles. The molecule has 1 amide bonds. The Kier molecular flexibility index (Phi) is 6.43. The third-order valence-corrected chi connectivity index (χ3v) is 8.52. The van der Waals surface area contributed by atoms with E-state index in [1.807, 2.05) is 18.2 Å². The maximum Gasteiger partial charge on any atom is 0.272 e. The van der Waals surface area contributed by atoms with Crippen LogP contribution in [0.15, 0.2) is 60.8 Å². The van der Waals surface area contributed by atoms with E-state index in [1.54, 1.807) is 18.3 Å². The molecule has 5 nitrogen and oxygen atoms in total. The number of nitrogens with one attached hydrogen (secondary N) is 1. The predicted octanol–water partition coefficient (Wildman–Crippen LogP) is 4.94. The number of carbonyl (C=O) groups is 1. The zero-order chi connectivity index (χ0) is 24.5. The molecule has 5 rings (SSSR count). The van der Waals surface area contributed by atoms with Crippen molar-refractivity contribution in [2.45, 2.75) is 39.4 Å². The monoisotopic (exact) mass is 486 g/mol. The van der Waals surface area contributed by atoms with Gasteiger partial charge in [-0.15, -0.1) is 0 Å². The first kappa shape index (κ1) is 23.3. The number of anilines is 2. The molecule has 1 N–H and O–H groups in total. The molecule has 1 aliphatic heterocycles. The Bertz CT molecular complexity index is 1380. The van der Waals surface area contributed by atoms with Crippen molar-refractivity contribution in [2.24, 2.45) is 0 Å². The van der Waals surface area contributed by atoms with Gasteiger partial charge in [0.25, 0.3) is 5.91 Å². The summed E-state index contributed by atoms with van der Waals surface area (Å²) in [6.07, 6.45) is 3.85. The van der Waals surface area contributed by atoms with Crippen molar-refractivity contribution in [3.8, 4) is 0 Å². The first-order valence-electron chi connectivity index (χ1n) is 12.4. The summed E-state index contributed by atoms with van der Waals surface area (Å²) in [5, 5.41) is 5.38. The second-order valence-electron chi connectivity index (χ2n) is 9.54. The number of hydrogen-bond acceptors (Lipinski definition) is 3. The number of aromatic nitrogens is 2. The highest BCUT2D eigenvalue weighted by molar-refractivity contribution is 6.74. The van der Waals surface area contributed by atoms with Crippen molar-refractivity contribution in [3.05, 3.63) is 83.4 Å². The van der Waals surface area contributed by atoms with Crippen LogP contribution in [0.1, 0.15) is 35.0 Å². The first-order chi connectivity index (χ1) is 16.9. The van der Waals surface area contributed by atoms with Crippen LogP contribution in [0.5, 0.6) is 0 Å². The minimum absolute atomic E-state index is 0.148. The van der Waals surface area contributed by atoms with Crippen molar-refractivity contribution in [2.75, 3.05) is 23.3 Å². The van der Waals surface area contributed by atoms with E-state index in [9.17, 15) is 9.18 Å². The second-order valence-corrected chi connectivity index (χ2v) is 12.4. The van der Waals surface area contributed by atoms with Crippen LogP contribution in [0.2, 0.25) is 13.1 Å². The summed E-state index contributed by atoms with van der Waals surface area (Å²) in [6.45, 7) is 9.12. The van der Waals surface area contributed by atoms with Gasteiger partial charge in [0.05, 0.1) is 20.7 Å². The predicted molar refractivity (Wildman–Crippen MR) is 144 cm³/mol. The summed E-state index contributed by atoms with van der Waals surface area (Å²) in [6, 6.07) is 16.9. The van der Waals surface area contributed by atoms with Crippen LogP contribution in [0, 0.1) is 5.82 Å². The molecular weight excluding hydrogens is 455 g/mol. The van der Waals surface area contributed by atoms with Crippen LogP contribution in [0.3, 0.4) is 0 Å². The summed E-state index contributed by atoms with van der Waals surface area (Å²) in [5.41, 5.74) is 4.43. The number of hydrogen-bond donors (Lipinski definition) is 1. The molecule has 3 heterocycles. The number of carbonyl (C=O) groups excluding carboxylic acids is 1. The number of fused-ring (bicyclic) bond motifs is 1. The van der Waals surface area contributed by atoms with Crippen LogP contribution < -0.4 is 15.4 Å². The van der Waals surface area contributed by atoms with E-state index in [4.69, 9.17) is 0 Å². The molecule has 0 unspecified atom stereocenters. The molecule has 0 atom stereocenters. The van der Waals surface area contributed by atoms with Crippen molar-refractivity contribution in [1.29, 1.82) is 0 Å². The smallest absolute Gasteiger partial charge is 0.272 e. The molecule has 180 valence electrons. The van der Waals surface area contributed by atoms with E-state index in [1.165, 1.54) is 18.1 Å². The number of halogens is 1. The molecule has 1 aliphatic rings. The van der Waals surface area contributed by atoms with Crippen LogP contribution in [0.4, 0.5) is 15.9 Å².